The van der Waals surface area contributed by atoms with Gasteiger partial charge in [0.25, 0.3) is 0 Å². The first-order valence-corrected chi connectivity index (χ1v) is 7.92. The zero-order valence-corrected chi connectivity index (χ0v) is 13.0. The fourth-order valence-electron chi connectivity index (χ4n) is 2.82. The fourth-order valence-corrected chi connectivity index (χ4v) is 2.82. The summed E-state index contributed by atoms with van der Waals surface area (Å²) in [6, 6.07) is 4.80. The highest BCUT2D eigenvalue weighted by Crippen LogP contribution is 2.20. The van der Waals surface area contributed by atoms with Gasteiger partial charge in [-0.25, -0.2) is 4.98 Å². The molecule has 2 heterocycles. The van der Waals surface area contributed by atoms with E-state index in [4.69, 9.17) is 0 Å². The lowest BCUT2D eigenvalue weighted by Crippen LogP contribution is -2.21. The van der Waals surface area contributed by atoms with Gasteiger partial charge >= 0.3 is 0 Å². The minimum atomic E-state index is 0.502. The molecule has 2 aromatic rings. The first-order valence-electron chi connectivity index (χ1n) is 7.92. The zero-order chi connectivity index (χ0) is 14.7. The van der Waals surface area contributed by atoms with Crippen LogP contribution in [0, 0.1) is 0 Å². The summed E-state index contributed by atoms with van der Waals surface area (Å²) in [7, 11) is 0. The van der Waals surface area contributed by atoms with Crippen molar-refractivity contribution < 1.29 is 0 Å². The molecule has 0 spiro atoms. The molecule has 0 fully saturated rings. The molecule has 1 aliphatic carbocycles. The number of imidazole rings is 1. The van der Waals surface area contributed by atoms with Crippen molar-refractivity contribution in [2.24, 2.45) is 0 Å². The Morgan fingerprint density at radius 2 is 2.05 bits per heavy atom. The second kappa shape index (κ2) is 6.39. The molecular weight excluding hydrogens is 260 g/mol. The molecule has 0 amide bonds. The number of pyridine rings is 1. The maximum Gasteiger partial charge on any atom is 0.0955 e. The average Bonchev–Trinajstić information content (AvgIpc) is 2.90. The molecule has 0 aromatic carbocycles. The van der Waals surface area contributed by atoms with Crippen LogP contribution in [0.15, 0.2) is 24.7 Å². The number of hydrogen-bond donors (Lipinski definition) is 1. The van der Waals surface area contributed by atoms with Crippen molar-refractivity contribution in [3.63, 3.8) is 0 Å². The topological polar surface area (TPSA) is 42.7 Å². The van der Waals surface area contributed by atoms with E-state index in [0.29, 0.717) is 6.04 Å². The summed E-state index contributed by atoms with van der Waals surface area (Å²) in [4.78, 5) is 9.14. The molecule has 4 nitrogen and oxygen atoms in total. The quantitative estimate of drug-likeness (QED) is 0.918. The monoisotopic (exact) mass is 284 g/mol. The third-order valence-electron chi connectivity index (χ3n) is 4.04. The van der Waals surface area contributed by atoms with Crippen LogP contribution in [-0.2, 0) is 25.9 Å². The summed E-state index contributed by atoms with van der Waals surface area (Å²) < 4.78 is 2.27. The number of rotatable bonds is 5. The van der Waals surface area contributed by atoms with E-state index in [1.807, 2.05) is 12.5 Å². The highest BCUT2D eigenvalue weighted by atomic mass is 15.1. The Kier molecular flexibility index (Phi) is 4.34. The van der Waals surface area contributed by atoms with Crippen molar-refractivity contribution in [3.05, 3.63) is 47.3 Å². The molecule has 2 aromatic heterocycles. The number of hydrogen-bond acceptors (Lipinski definition) is 3. The summed E-state index contributed by atoms with van der Waals surface area (Å²) in [6.45, 7) is 6.03. The minimum Gasteiger partial charge on any atom is -0.328 e. The van der Waals surface area contributed by atoms with E-state index in [9.17, 15) is 0 Å². The van der Waals surface area contributed by atoms with Crippen LogP contribution in [-0.4, -0.2) is 20.6 Å². The lowest BCUT2D eigenvalue weighted by Gasteiger charge is -2.14. The van der Waals surface area contributed by atoms with Crippen LogP contribution in [0.2, 0.25) is 0 Å². The van der Waals surface area contributed by atoms with Crippen molar-refractivity contribution in [2.75, 3.05) is 0 Å². The lowest BCUT2D eigenvalue weighted by molar-refractivity contribution is 0.587. The van der Waals surface area contributed by atoms with E-state index in [1.54, 1.807) is 0 Å². The Morgan fingerprint density at radius 1 is 1.19 bits per heavy atom. The predicted octanol–water partition coefficient (Wildman–Crippen LogP) is 2.70. The van der Waals surface area contributed by atoms with Crippen molar-refractivity contribution in [1.29, 1.82) is 0 Å². The van der Waals surface area contributed by atoms with Crippen LogP contribution in [0.3, 0.4) is 0 Å². The van der Waals surface area contributed by atoms with E-state index in [-0.39, 0.29) is 0 Å². The summed E-state index contributed by atoms with van der Waals surface area (Å²) in [5, 5.41) is 3.41. The zero-order valence-electron chi connectivity index (χ0n) is 13.0. The van der Waals surface area contributed by atoms with Crippen molar-refractivity contribution in [1.82, 2.24) is 19.9 Å². The highest BCUT2D eigenvalue weighted by Gasteiger charge is 2.15. The largest absolute Gasteiger partial charge is 0.328 e. The van der Waals surface area contributed by atoms with E-state index in [1.165, 1.54) is 29.8 Å². The van der Waals surface area contributed by atoms with Gasteiger partial charge in [-0.15, -0.1) is 0 Å². The van der Waals surface area contributed by atoms with Gasteiger partial charge in [0, 0.05) is 24.5 Å². The van der Waals surface area contributed by atoms with Crippen LogP contribution in [0.4, 0.5) is 0 Å². The SMILES string of the molecule is CC(C)NCc1ccc(Cn2cnc3c2CCCC3)nc1. The molecule has 0 aliphatic heterocycles. The number of nitrogens with zero attached hydrogens (tertiary/aromatic N) is 3. The Hall–Kier alpha value is -1.68. The van der Waals surface area contributed by atoms with Crippen LogP contribution < -0.4 is 5.32 Å². The molecule has 0 radical (unpaired) electrons. The Morgan fingerprint density at radius 3 is 2.81 bits per heavy atom. The molecule has 112 valence electrons. The summed E-state index contributed by atoms with van der Waals surface area (Å²) in [6.07, 6.45) is 8.81. The average molecular weight is 284 g/mol. The van der Waals surface area contributed by atoms with Gasteiger partial charge in [-0.2, -0.15) is 0 Å². The second-order valence-corrected chi connectivity index (χ2v) is 6.17. The first-order chi connectivity index (χ1) is 10.2. The third kappa shape index (κ3) is 3.50. The van der Waals surface area contributed by atoms with Crippen molar-refractivity contribution in [2.45, 2.75) is 58.7 Å². The smallest absolute Gasteiger partial charge is 0.0955 e. The Labute approximate surface area is 126 Å². The third-order valence-corrected chi connectivity index (χ3v) is 4.04. The predicted molar refractivity (Wildman–Crippen MR) is 84.2 cm³/mol. The standard InChI is InChI=1S/C17H24N4/c1-13(2)18-9-14-7-8-15(19-10-14)11-21-12-20-16-5-3-4-6-17(16)21/h7-8,10,12-13,18H,3-6,9,11H2,1-2H3. The van der Waals surface area contributed by atoms with Crippen molar-refractivity contribution in [3.8, 4) is 0 Å². The van der Waals surface area contributed by atoms with Gasteiger partial charge in [0.15, 0.2) is 0 Å². The van der Waals surface area contributed by atoms with Gasteiger partial charge in [0.05, 0.1) is 24.3 Å². The molecule has 0 bridgehead atoms. The fraction of sp³-hybridized carbons (Fsp3) is 0.529. The van der Waals surface area contributed by atoms with Gasteiger partial charge in [-0.1, -0.05) is 19.9 Å². The molecule has 21 heavy (non-hydrogen) atoms. The number of nitrogens with one attached hydrogen (secondary N) is 1. The van der Waals surface area contributed by atoms with Crippen molar-refractivity contribution >= 4 is 0 Å². The van der Waals surface area contributed by atoms with Gasteiger partial charge in [-0.3, -0.25) is 4.98 Å². The molecule has 0 saturated heterocycles. The molecule has 0 atom stereocenters. The number of aryl methyl sites for hydroxylation is 1. The first kappa shape index (κ1) is 14.3. The number of fused-ring (bicyclic) bond motifs is 1. The van der Waals surface area contributed by atoms with E-state index in [0.717, 1.165) is 31.6 Å². The minimum absolute atomic E-state index is 0.502. The number of aromatic nitrogens is 3. The maximum atomic E-state index is 4.59. The van der Waals surface area contributed by atoms with E-state index in [2.05, 4.69) is 45.8 Å². The highest BCUT2D eigenvalue weighted by molar-refractivity contribution is 5.19. The summed E-state index contributed by atoms with van der Waals surface area (Å²) >= 11 is 0. The molecule has 1 N–H and O–H groups in total. The van der Waals surface area contributed by atoms with Crippen LogP contribution in [0.25, 0.3) is 0 Å². The molecule has 0 unspecified atom stereocenters. The van der Waals surface area contributed by atoms with E-state index >= 15 is 0 Å². The maximum absolute atomic E-state index is 4.59. The normalized spacial score (nSPS) is 14.4. The van der Waals surface area contributed by atoms with Gasteiger partial charge in [0.2, 0.25) is 0 Å². The van der Waals surface area contributed by atoms with Gasteiger partial charge in [-0.05, 0) is 37.3 Å². The van der Waals surface area contributed by atoms with Crippen LogP contribution >= 0.6 is 0 Å². The molecule has 4 heteroatoms. The second-order valence-electron chi connectivity index (χ2n) is 6.17. The molecule has 3 rings (SSSR count). The molecule has 0 saturated carbocycles. The van der Waals surface area contributed by atoms with Gasteiger partial charge < -0.3 is 9.88 Å². The Balaban J connectivity index is 1.66. The lowest BCUT2D eigenvalue weighted by atomic mass is 10.0. The molecule has 1 aliphatic rings. The summed E-state index contributed by atoms with van der Waals surface area (Å²) in [5.41, 5.74) is 5.04. The summed E-state index contributed by atoms with van der Waals surface area (Å²) in [5.74, 6) is 0. The molecular formula is C17H24N4. The Bertz CT molecular complexity index is 583. The van der Waals surface area contributed by atoms with Crippen LogP contribution in [0.1, 0.15) is 49.3 Å². The van der Waals surface area contributed by atoms with E-state index < -0.39 is 0 Å². The van der Waals surface area contributed by atoms with Crippen LogP contribution in [0.5, 0.6) is 0 Å². The van der Waals surface area contributed by atoms with Gasteiger partial charge in [0.1, 0.15) is 0 Å².